The van der Waals surface area contributed by atoms with Gasteiger partial charge < -0.3 is 10.5 Å². The molecule has 0 aliphatic carbocycles. The number of methoxy groups -OCH3 is 1. The van der Waals surface area contributed by atoms with Crippen molar-refractivity contribution in [3.05, 3.63) is 77.0 Å². The number of esters is 1. The molecule has 3 rings (SSSR count). The van der Waals surface area contributed by atoms with Gasteiger partial charge >= 0.3 is 5.97 Å². The quantitative estimate of drug-likeness (QED) is 0.592. The van der Waals surface area contributed by atoms with E-state index in [9.17, 15) is 4.79 Å². The molecular formula is C25H28N2O2. The van der Waals surface area contributed by atoms with E-state index < -0.39 is 0 Å². The van der Waals surface area contributed by atoms with E-state index in [1.165, 1.54) is 12.7 Å². The van der Waals surface area contributed by atoms with Crippen LogP contribution in [0.4, 0.5) is 0 Å². The smallest absolute Gasteiger partial charge is 0.338 e. The highest BCUT2D eigenvalue weighted by Crippen LogP contribution is 2.33. The molecule has 0 saturated carbocycles. The first-order chi connectivity index (χ1) is 13.9. The lowest BCUT2D eigenvalue weighted by Crippen LogP contribution is -2.11. The fraction of sp³-hybridized carbons (Fsp3) is 0.280. The topological polar surface area (TPSA) is 65.2 Å². The van der Waals surface area contributed by atoms with Crippen LogP contribution in [0.1, 0.15) is 41.0 Å². The maximum absolute atomic E-state index is 12.3. The predicted molar refractivity (Wildman–Crippen MR) is 118 cm³/mol. The number of hydrogen-bond acceptors (Lipinski definition) is 4. The Kier molecular flexibility index (Phi) is 6.45. The molecule has 1 heterocycles. The zero-order valence-corrected chi connectivity index (χ0v) is 17.5. The van der Waals surface area contributed by atoms with Crippen molar-refractivity contribution in [1.29, 1.82) is 0 Å². The first-order valence-electron chi connectivity index (χ1n) is 9.92. The Bertz CT molecular complexity index is 1010. The van der Waals surface area contributed by atoms with E-state index in [1.807, 2.05) is 24.3 Å². The molecule has 4 nitrogen and oxygen atoms in total. The molecule has 1 aromatic heterocycles. The van der Waals surface area contributed by atoms with Crippen LogP contribution in [0.25, 0.3) is 22.4 Å². The summed E-state index contributed by atoms with van der Waals surface area (Å²) in [6, 6.07) is 17.9. The molecule has 4 heteroatoms. The van der Waals surface area contributed by atoms with Crippen molar-refractivity contribution >= 4 is 5.97 Å². The van der Waals surface area contributed by atoms with Gasteiger partial charge in [0.1, 0.15) is 0 Å². The normalized spacial score (nSPS) is 11.0. The number of aromatic nitrogens is 1. The summed E-state index contributed by atoms with van der Waals surface area (Å²) in [5.74, 6) is 0.0670. The van der Waals surface area contributed by atoms with Crippen molar-refractivity contribution in [3.63, 3.8) is 0 Å². The van der Waals surface area contributed by atoms with E-state index in [4.69, 9.17) is 15.5 Å². The number of carbonyl (C=O) groups excluding carboxylic acids is 1. The molecule has 0 unspecified atom stereocenters. The van der Waals surface area contributed by atoms with Gasteiger partial charge in [-0.3, -0.25) is 4.98 Å². The Balaban J connectivity index is 2.28. The number of pyridine rings is 1. The summed E-state index contributed by atoms with van der Waals surface area (Å²) in [6.45, 7) is 6.82. The summed E-state index contributed by atoms with van der Waals surface area (Å²) in [4.78, 5) is 17.3. The number of nitrogens with two attached hydrogens (primary N) is 1. The van der Waals surface area contributed by atoms with Crippen LogP contribution in [0.2, 0.25) is 0 Å². The van der Waals surface area contributed by atoms with Crippen molar-refractivity contribution in [1.82, 2.24) is 4.98 Å². The number of benzene rings is 2. The zero-order chi connectivity index (χ0) is 21.0. The second kappa shape index (κ2) is 9.01. The summed E-state index contributed by atoms with van der Waals surface area (Å²) in [7, 11) is 1.39. The number of hydrogen-bond donors (Lipinski definition) is 1. The fourth-order valence-corrected chi connectivity index (χ4v) is 3.53. The third-order valence-corrected chi connectivity index (χ3v) is 4.99. The molecule has 0 spiro atoms. The summed E-state index contributed by atoms with van der Waals surface area (Å²) in [5.41, 5.74) is 13.6. The van der Waals surface area contributed by atoms with Crippen LogP contribution in [0.15, 0.2) is 54.6 Å². The Morgan fingerprint density at radius 1 is 1.07 bits per heavy atom. The van der Waals surface area contributed by atoms with Gasteiger partial charge in [-0.05, 0) is 48.1 Å². The van der Waals surface area contributed by atoms with Crippen molar-refractivity contribution < 1.29 is 9.53 Å². The van der Waals surface area contributed by atoms with Crippen LogP contribution in [0.5, 0.6) is 0 Å². The Labute approximate surface area is 172 Å². The molecule has 150 valence electrons. The molecular weight excluding hydrogens is 360 g/mol. The van der Waals surface area contributed by atoms with E-state index in [0.717, 1.165) is 40.1 Å². The molecule has 3 aromatic rings. The lowest BCUT2D eigenvalue weighted by atomic mass is 9.92. The van der Waals surface area contributed by atoms with E-state index >= 15 is 0 Å². The number of nitrogens with zero attached hydrogens (tertiary/aromatic N) is 1. The highest BCUT2D eigenvalue weighted by molar-refractivity contribution is 5.97. The van der Waals surface area contributed by atoms with E-state index in [1.54, 1.807) is 6.07 Å². The van der Waals surface area contributed by atoms with Crippen molar-refractivity contribution in [3.8, 4) is 22.4 Å². The second-order valence-corrected chi connectivity index (χ2v) is 7.69. The minimum atomic E-state index is -0.368. The molecule has 29 heavy (non-hydrogen) atoms. The Hall–Kier alpha value is -2.98. The maximum Gasteiger partial charge on any atom is 0.338 e. The third kappa shape index (κ3) is 4.54. The Morgan fingerprint density at radius 3 is 2.38 bits per heavy atom. The van der Waals surface area contributed by atoms with Gasteiger partial charge in [0, 0.05) is 17.8 Å². The summed E-state index contributed by atoms with van der Waals surface area (Å²) in [6.07, 6.45) is 0.819. The van der Waals surface area contributed by atoms with Gasteiger partial charge in [-0.2, -0.15) is 0 Å². The minimum Gasteiger partial charge on any atom is -0.465 e. The highest BCUT2D eigenvalue weighted by atomic mass is 16.5. The SMILES string of the molecule is COC(=O)c1ccccc1-c1cc(-c2ccc(C)cc2)c(CN)c(CC(C)C)n1. The van der Waals surface area contributed by atoms with Gasteiger partial charge in [-0.15, -0.1) is 0 Å². The standard InChI is InChI=1S/C25H28N2O2/c1-16(2)13-23-22(15-26)21(18-11-9-17(3)10-12-18)14-24(27-23)19-7-5-6-8-20(19)25(28)29-4/h5-12,14,16H,13,15,26H2,1-4H3. The molecule has 0 radical (unpaired) electrons. The van der Waals surface area contributed by atoms with E-state index in [-0.39, 0.29) is 5.97 Å². The van der Waals surface area contributed by atoms with Crippen LogP contribution in [0, 0.1) is 12.8 Å². The molecule has 0 amide bonds. The predicted octanol–water partition coefficient (Wildman–Crippen LogP) is 5.17. The molecule has 2 aromatic carbocycles. The van der Waals surface area contributed by atoms with Gasteiger partial charge in [-0.25, -0.2) is 4.79 Å². The molecule has 0 atom stereocenters. The van der Waals surface area contributed by atoms with Gasteiger partial charge in [0.15, 0.2) is 0 Å². The average Bonchev–Trinajstić information content (AvgIpc) is 2.72. The second-order valence-electron chi connectivity index (χ2n) is 7.69. The number of carbonyl (C=O) groups is 1. The summed E-state index contributed by atoms with van der Waals surface area (Å²) >= 11 is 0. The van der Waals surface area contributed by atoms with Crippen LogP contribution >= 0.6 is 0 Å². The van der Waals surface area contributed by atoms with E-state index in [0.29, 0.717) is 18.0 Å². The van der Waals surface area contributed by atoms with Crippen molar-refractivity contribution in [2.24, 2.45) is 11.7 Å². The summed E-state index contributed by atoms with van der Waals surface area (Å²) in [5, 5.41) is 0. The monoisotopic (exact) mass is 388 g/mol. The lowest BCUT2D eigenvalue weighted by Gasteiger charge is -2.18. The lowest BCUT2D eigenvalue weighted by molar-refractivity contribution is 0.0601. The van der Waals surface area contributed by atoms with Crippen LogP contribution in [-0.2, 0) is 17.7 Å². The molecule has 2 N–H and O–H groups in total. The largest absolute Gasteiger partial charge is 0.465 e. The Morgan fingerprint density at radius 2 is 1.76 bits per heavy atom. The minimum absolute atomic E-state index is 0.368. The van der Waals surface area contributed by atoms with Crippen molar-refractivity contribution in [2.75, 3.05) is 7.11 Å². The maximum atomic E-state index is 12.3. The van der Waals surface area contributed by atoms with E-state index in [2.05, 4.69) is 45.0 Å². The molecule has 0 saturated heterocycles. The first kappa shape index (κ1) is 20.7. The first-order valence-corrected chi connectivity index (χ1v) is 9.92. The number of aryl methyl sites for hydroxylation is 1. The zero-order valence-electron chi connectivity index (χ0n) is 17.5. The van der Waals surface area contributed by atoms with Crippen LogP contribution < -0.4 is 5.73 Å². The van der Waals surface area contributed by atoms with Gasteiger partial charge in [-0.1, -0.05) is 61.9 Å². The fourth-order valence-electron chi connectivity index (χ4n) is 3.53. The number of ether oxygens (including phenoxy) is 1. The molecule has 0 fully saturated rings. The molecule has 0 aliphatic rings. The van der Waals surface area contributed by atoms with Crippen molar-refractivity contribution in [2.45, 2.75) is 33.7 Å². The molecule has 0 bridgehead atoms. The average molecular weight is 389 g/mol. The third-order valence-electron chi connectivity index (χ3n) is 4.99. The highest BCUT2D eigenvalue weighted by Gasteiger charge is 2.19. The van der Waals surface area contributed by atoms with Crippen LogP contribution in [-0.4, -0.2) is 18.1 Å². The number of rotatable bonds is 6. The summed E-state index contributed by atoms with van der Waals surface area (Å²) < 4.78 is 4.98. The van der Waals surface area contributed by atoms with Gasteiger partial charge in [0.2, 0.25) is 0 Å². The molecule has 0 aliphatic heterocycles. The van der Waals surface area contributed by atoms with Gasteiger partial charge in [0.05, 0.1) is 18.4 Å². The van der Waals surface area contributed by atoms with Gasteiger partial charge in [0.25, 0.3) is 0 Å². The van der Waals surface area contributed by atoms with Crippen LogP contribution in [0.3, 0.4) is 0 Å².